The number of hydrogen-bond donors (Lipinski definition) is 1. The molecule has 0 bridgehead atoms. The molecule has 0 saturated carbocycles. The lowest BCUT2D eigenvalue weighted by molar-refractivity contribution is -0.138. The fraction of sp³-hybridized carbons (Fsp3) is 0.250. The maximum absolute atomic E-state index is 12.1. The van der Waals surface area contributed by atoms with Gasteiger partial charge in [0.25, 0.3) is 5.56 Å². The van der Waals surface area contributed by atoms with E-state index in [0.29, 0.717) is 17.5 Å². The predicted octanol–water partition coefficient (Wildman–Crippen LogP) is 1.81. The summed E-state index contributed by atoms with van der Waals surface area (Å²) in [6.45, 7) is 1.50. The number of carboxylic acid groups (broad SMARTS) is 1. The molecule has 1 heterocycles. The van der Waals surface area contributed by atoms with E-state index in [1.807, 2.05) is 13.0 Å². The van der Waals surface area contributed by atoms with Gasteiger partial charge in [0, 0.05) is 9.86 Å². The van der Waals surface area contributed by atoms with Crippen molar-refractivity contribution in [1.29, 1.82) is 0 Å². The number of fused-ring (bicyclic) bond motifs is 1. The molecule has 1 aromatic heterocycles. The molecular weight excluding hydrogens is 300 g/mol. The van der Waals surface area contributed by atoms with Crippen molar-refractivity contribution in [3.63, 3.8) is 0 Å². The Morgan fingerprint density at radius 3 is 2.78 bits per heavy atom. The molecule has 0 aliphatic rings. The van der Waals surface area contributed by atoms with Crippen molar-refractivity contribution in [2.24, 2.45) is 0 Å². The van der Waals surface area contributed by atoms with E-state index in [0.717, 1.165) is 14.5 Å². The molecule has 0 aliphatic carbocycles. The quantitative estimate of drug-likeness (QED) is 0.938. The van der Waals surface area contributed by atoms with Gasteiger partial charge in [-0.05, 0) is 24.6 Å². The minimum Gasteiger partial charge on any atom is -0.480 e. The summed E-state index contributed by atoms with van der Waals surface area (Å²) in [6, 6.07) is 5.27. The summed E-state index contributed by atoms with van der Waals surface area (Å²) in [4.78, 5) is 22.8. The Balaban J connectivity index is 2.78. The van der Waals surface area contributed by atoms with Crippen LogP contribution in [0.5, 0.6) is 0 Å². The van der Waals surface area contributed by atoms with Crippen molar-refractivity contribution >= 4 is 32.7 Å². The van der Waals surface area contributed by atoms with Gasteiger partial charge < -0.3 is 5.11 Å². The zero-order chi connectivity index (χ0) is 13.3. The van der Waals surface area contributed by atoms with Gasteiger partial charge in [-0.15, -0.1) is 0 Å². The van der Waals surface area contributed by atoms with Crippen molar-refractivity contribution in [3.05, 3.63) is 38.7 Å². The smallest absolute Gasteiger partial charge is 0.325 e. The Morgan fingerprint density at radius 2 is 2.17 bits per heavy atom. The van der Waals surface area contributed by atoms with Gasteiger partial charge in [-0.1, -0.05) is 22.9 Å². The van der Waals surface area contributed by atoms with E-state index in [4.69, 9.17) is 5.11 Å². The maximum atomic E-state index is 12.1. The predicted molar refractivity (Wildman–Crippen MR) is 70.7 cm³/mol. The summed E-state index contributed by atoms with van der Waals surface area (Å²) in [6.07, 6.45) is 0.632. The van der Waals surface area contributed by atoms with Crippen molar-refractivity contribution in [3.8, 4) is 0 Å². The second kappa shape index (κ2) is 4.89. The number of nitrogens with zero attached hydrogens (tertiary/aromatic N) is 2. The van der Waals surface area contributed by atoms with Crippen LogP contribution in [0.15, 0.2) is 27.5 Å². The molecule has 0 unspecified atom stereocenters. The van der Waals surface area contributed by atoms with Gasteiger partial charge in [-0.2, -0.15) is 5.10 Å². The summed E-state index contributed by atoms with van der Waals surface area (Å²) in [7, 11) is 0. The Labute approximate surface area is 111 Å². The first-order chi connectivity index (χ1) is 8.52. The lowest BCUT2D eigenvalue weighted by Crippen LogP contribution is -2.27. The van der Waals surface area contributed by atoms with Crippen LogP contribution in [0.25, 0.3) is 10.8 Å². The third kappa shape index (κ3) is 2.28. The van der Waals surface area contributed by atoms with Crippen LogP contribution in [0.3, 0.4) is 0 Å². The van der Waals surface area contributed by atoms with Crippen LogP contribution in [0, 0.1) is 0 Å². The van der Waals surface area contributed by atoms with E-state index in [1.165, 1.54) is 0 Å². The summed E-state index contributed by atoms with van der Waals surface area (Å²) in [5, 5.41) is 14.1. The van der Waals surface area contributed by atoms with E-state index in [9.17, 15) is 9.59 Å². The first-order valence-corrected chi connectivity index (χ1v) is 6.23. The second-order valence-corrected chi connectivity index (χ2v) is 4.76. The normalized spacial score (nSPS) is 10.8. The average molecular weight is 311 g/mol. The highest BCUT2D eigenvalue weighted by Crippen LogP contribution is 2.19. The molecule has 0 atom stereocenters. The van der Waals surface area contributed by atoms with Crippen LogP contribution in [0.2, 0.25) is 0 Å². The largest absolute Gasteiger partial charge is 0.480 e. The molecule has 5 nitrogen and oxygen atoms in total. The molecule has 94 valence electrons. The third-order valence-corrected chi connectivity index (χ3v) is 3.11. The molecule has 0 aliphatic heterocycles. The minimum absolute atomic E-state index is 0.378. The lowest BCUT2D eigenvalue weighted by Gasteiger charge is -2.08. The number of rotatable bonds is 3. The minimum atomic E-state index is -1.08. The first kappa shape index (κ1) is 12.8. The topological polar surface area (TPSA) is 72.2 Å². The standard InChI is InChI=1S/C12H11BrN2O3/c1-2-10-9-5-7(13)3-4-8(9)12(18)15(14-10)6-11(16)17/h3-5H,2,6H2,1H3,(H,16,17). The number of halogens is 1. The fourth-order valence-electron chi connectivity index (χ4n) is 1.82. The Morgan fingerprint density at radius 1 is 1.44 bits per heavy atom. The number of carboxylic acids is 1. The Kier molecular flexibility index (Phi) is 3.47. The molecule has 0 amide bonds. The zero-order valence-electron chi connectivity index (χ0n) is 9.68. The van der Waals surface area contributed by atoms with Crippen molar-refractivity contribution in [2.45, 2.75) is 19.9 Å². The fourth-order valence-corrected chi connectivity index (χ4v) is 2.18. The van der Waals surface area contributed by atoms with Gasteiger partial charge in [0.1, 0.15) is 6.54 Å². The number of aromatic nitrogens is 2. The van der Waals surface area contributed by atoms with Crippen LogP contribution >= 0.6 is 15.9 Å². The van der Waals surface area contributed by atoms with Crippen LogP contribution < -0.4 is 5.56 Å². The molecule has 2 aromatic rings. The number of carbonyl (C=O) groups is 1. The Bertz CT molecular complexity index is 679. The second-order valence-electron chi connectivity index (χ2n) is 3.85. The average Bonchev–Trinajstić information content (AvgIpc) is 2.32. The molecule has 6 heteroatoms. The molecule has 1 N–H and O–H groups in total. The van der Waals surface area contributed by atoms with Crippen LogP contribution in [0.4, 0.5) is 0 Å². The van der Waals surface area contributed by atoms with Gasteiger partial charge in [0.05, 0.1) is 11.1 Å². The van der Waals surface area contributed by atoms with Gasteiger partial charge in [0.2, 0.25) is 0 Å². The molecule has 18 heavy (non-hydrogen) atoms. The number of benzene rings is 1. The molecule has 1 aromatic carbocycles. The third-order valence-electron chi connectivity index (χ3n) is 2.62. The molecule has 0 fully saturated rings. The van der Waals surface area contributed by atoms with Gasteiger partial charge in [-0.25, -0.2) is 4.68 Å². The van der Waals surface area contributed by atoms with E-state index in [2.05, 4.69) is 21.0 Å². The summed E-state index contributed by atoms with van der Waals surface area (Å²) in [5.41, 5.74) is 0.337. The first-order valence-electron chi connectivity index (χ1n) is 5.44. The van der Waals surface area contributed by atoms with E-state index < -0.39 is 12.5 Å². The lowest BCUT2D eigenvalue weighted by atomic mass is 10.1. The summed E-state index contributed by atoms with van der Waals surface area (Å²) < 4.78 is 1.86. The molecule has 0 spiro atoms. The van der Waals surface area contributed by atoms with Crippen LogP contribution in [-0.4, -0.2) is 20.9 Å². The molecule has 0 saturated heterocycles. The summed E-state index contributed by atoms with van der Waals surface area (Å²) >= 11 is 3.35. The van der Waals surface area contributed by atoms with Crippen LogP contribution in [-0.2, 0) is 17.8 Å². The number of aliphatic carboxylic acids is 1. The van der Waals surface area contributed by atoms with Crippen molar-refractivity contribution in [1.82, 2.24) is 9.78 Å². The van der Waals surface area contributed by atoms with Crippen molar-refractivity contribution in [2.75, 3.05) is 0 Å². The van der Waals surface area contributed by atoms with Crippen LogP contribution in [0.1, 0.15) is 12.6 Å². The SMILES string of the molecule is CCc1nn(CC(=O)O)c(=O)c2ccc(Br)cc12. The number of hydrogen-bond acceptors (Lipinski definition) is 3. The zero-order valence-corrected chi connectivity index (χ0v) is 11.3. The summed E-state index contributed by atoms with van der Waals surface area (Å²) in [5.74, 6) is -1.08. The van der Waals surface area contributed by atoms with Gasteiger partial charge in [-0.3, -0.25) is 9.59 Å². The highest BCUT2D eigenvalue weighted by Gasteiger charge is 2.11. The number of aryl methyl sites for hydroxylation is 1. The monoisotopic (exact) mass is 310 g/mol. The Hall–Kier alpha value is -1.69. The highest BCUT2D eigenvalue weighted by atomic mass is 79.9. The van der Waals surface area contributed by atoms with Gasteiger partial charge >= 0.3 is 5.97 Å². The van der Waals surface area contributed by atoms with E-state index in [-0.39, 0.29) is 5.56 Å². The molecule has 0 radical (unpaired) electrons. The van der Waals surface area contributed by atoms with E-state index >= 15 is 0 Å². The van der Waals surface area contributed by atoms with Gasteiger partial charge in [0.15, 0.2) is 0 Å². The molecule has 2 rings (SSSR count). The van der Waals surface area contributed by atoms with E-state index in [1.54, 1.807) is 12.1 Å². The highest BCUT2D eigenvalue weighted by molar-refractivity contribution is 9.10. The maximum Gasteiger partial charge on any atom is 0.325 e. The molecular formula is C12H11BrN2O3. The van der Waals surface area contributed by atoms with Crippen molar-refractivity contribution < 1.29 is 9.90 Å².